The number of rotatable bonds is 16. The van der Waals surface area contributed by atoms with Crippen LogP contribution in [0.3, 0.4) is 0 Å². The molecule has 1 aliphatic heterocycles. The Morgan fingerprint density at radius 3 is 2.14 bits per heavy atom. The molecule has 1 saturated heterocycles. The van der Waals surface area contributed by atoms with Gasteiger partial charge in [0.2, 0.25) is 0 Å². The molecule has 1 N–H and O–H groups in total. The molecule has 1 aliphatic carbocycles. The molecule has 0 bridgehead atoms. The standard InChI is InChI=1S/C31H45B2O4/c1-3-5-7-9-17-31(18-10-8-6-4-2)29-23-25(32-35-20-11-19-34)13-15-27(29)28-16-14-26(24-30(28)31)33-36-21-12-22-37-33/h13-16,23-24,34H,3-12,17-22H2,1-2H3. The van der Waals surface area contributed by atoms with Crippen LogP contribution in [-0.2, 0) is 19.4 Å². The first kappa shape index (κ1) is 28.4. The summed E-state index contributed by atoms with van der Waals surface area (Å²) in [5.41, 5.74) is 7.92. The first-order chi connectivity index (χ1) is 18.2. The Labute approximate surface area is 225 Å². The van der Waals surface area contributed by atoms with E-state index in [1.54, 1.807) is 0 Å². The number of hydrogen-bond donors (Lipinski definition) is 1. The van der Waals surface area contributed by atoms with Gasteiger partial charge in [-0.05, 0) is 53.4 Å². The van der Waals surface area contributed by atoms with Crippen molar-refractivity contribution in [3.05, 3.63) is 47.5 Å². The first-order valence-electron chi connectivity index (χ1n) is 14.8. The van der Waals surface area contributed by atoms with Gasteiger partial charge >= 0.3 is 14.6 Å². The van der Waals surface area contributed by atoms with E-state index in [9.17, 15) is 0 Å². The van der Waals surface area contributed by atoms with Gasteiger partial charge in [-0.1, -0.05) is 107 Å². The van der Waals surface area contributed by atoms with Crippen molar-refractivity contribution in [2.75, 3.05) is 26.4 Å². The average molecular weight is 503 g/mol. The maximum absolute atomic E-state index is 9.11. The largest absolute Gasteiger partial charge is 0.493 e. The van der Waals surface area contributed by atoms with Crippen LogP contribution in [0, 0.1) is 0 Å². The lowest BCUT2D eigenvalue weighted by Crippen LogP contribution is -2.41. The second-order valence-electron chi connectivity index (χ2n) is 10.8. The molecule has 1 heterocycles. The third-order valence-corrected chi connectivity index (χ3v) is 8.06. The minimum Gasteiger partial charge on any atom is -0.434 e. The highest BCUT2D eigenvalue weighted by atomic mass is 16.6. The smallest absolute Gasteiger partial charge is 0.434 e. The molecule has 0 spiro atoms. The monoisotopic (exact) mass is 503 g/mol. The molecule has 1 radical (unpaired) electrons. The minimum absolute atomic E-state index is 0.00573. The molecule has 2 aliphatic rings. The first-order valence-corrected chi connectivity index (χ1v) is 14.8. The van der Waals surface area contributed by atoms with Crippen molar-refractivity contribution in [1.82, 2.24) is 0 Å². The Morgan fingerprint density at radius 1 is 0.838 bits per heavy atom. The highest BCUT2D eigenvalue weighted by molar-refractivity contribution is 6.61. The average Bonchev–Trinajstić information content (AvgIpc) is 3.20. The van der Waals surface area contributed by atoms with E-state index < -0.39 is 0 Å². The van der Waals surface area contributed by atoms with Gasteiger partial charge in [-0.15, -0.1) is 0 Å². The summed E-state index contributed by atoms with van der Waals surface area (Å²) in [6.07, 6.45) is 14.1. The number of hydrogen-bond acceptors (Lipinski definition) is 4. The van der Waals surface area contributed by atoms with Gasteiger partial charge in [0.25, 0.3) is 0 Å². The number of aliphatic hydroxyl groups excluding tert-OH is 1. The second-order valence-corrected chi connectivity index (χ2v) is 10.8. The molecular weight excluding hydrogens is 458 g/mol. The van der Waals surface area contributed by atoms with Crippen molar-refractivity contribution in [1.29, 1.82) is 0 Å². The van der Waals surface area contributed by atoms with E-state index in [1.807, 2.05) is 7.48 Å². The SMILES string of the molecule is CCCCCCC1(CCCCCC)c2cc([B]OCCCO)ccc2-c2ccc(B3OCCCO3)cc21. The fourth-order valence-corrected chi connectivity index (χ4v) is 6.10. The van der Waals surface area contributed by atoms with Gasteiger partial charge in [0.1, 0.15) is 0 Å². The Balaban J connectivity index is 1.72. The van der Waals surface area contributed by atoms with Gasteiger partial charge in [-0.3, -0.25) is 0 Å². The van der Waals surface area contributed by atoms with Crippen LogP contribution in [-0.4, -0.2) is 46.1 Å². The quantitative estimate of drug-likeness (QED) is 0.237. The van der Waals surface area contributed by atoms with E-state index in [0.29, 0.717) is 13.0 Å². The lowest BCUT2D eigenvalue weighted by Gasteiger charge is -2.34. The van der Waals surface area contributed by atoms with Gasteiger partial charge in [0.05, 0.1) is 0 Å². The molecule has 2 aromatic rings. The third-order valence-electron chi connectivity index (χ3n) is 8.06. The molecule has 0 atom stereocenters. The highest BCUT2D eigenvalue weighted by Crippen LogP contribution is 2.53. The molecule has 2 aromatic carbocycles. The van der Waals surface area contributed by atoms with Crippen LogP contribution in [0.15, 0.2) is 36.4 Å². The zero-order valence-electron chi connectivity index (χ0n) is 23.1. The molecule has 0 aromatic heterocycles. The molecule has 37 heavy (non-hydrogen) atoms. The molecular formula is C31H45B2O4. The minimum atomic E-state index is -0.260. The molecule has 1 fully saturated rings. The molecule has 4 rings (SSSR count). The van der Waals surface area contributed by atoms with Crippen molar-refractivity contribution in [2.24, 2.45) is 0 Å². The summed E-state index contributed by atoms with van der Waals surface area (Å²) in [5, 5.41) is 9.11. The molecule has 4 nitrogen and oxygen atoms in total. The summed E-state index contributed by atoms with van der Waals surface area (Å²) < 4.78 is 17.8. The van der Waals surface area contributed by atoms with Crippen LogP contribution in [0.4, 0.5) is 0 Å². The van der Waals surface area contributed by atoms with Crippen molar-refractivity contribution in [3.63, 3.8) is 0 Å². The number of unbranched alkanes of at least 4 members (excludes halogenated alkanes) is 6. The fourth-order valence-electron chi connectivity index (χ4n) is 6.10. The molecule has 6 heteroatoms. The van der Waals surface area contributed by atoms with Crippen molar-refractivity contribution in [2.45, 2.75) is 96.3 Å². The van der Waals surface area contributed by atoms with Gasteiger partial charge in [0, 0.05) is 31.8 Å². The van der Waals surface area contributed by atoms with Gasteiger partial charge < -0.3 is 19.1 Å². The van der Waals surface area contributed by atoms with E-state index in [0.717, 1.165) is 30.6 Å². The zero-order chi connectivity index (χ0) is 25.9. The Kier molecular flexibility index (Phi) is 11.2. The van der Waals surface area contributed by atoms with Crippen LogP contribution in [0.2, 0.25) is 0 Å². The van der Waals surface area contributed by atoms with Crippen LogP contribution < -0.4 is 10.9 Å². The van der Waals surface area contributed by atoms with Gasteiger partial charge in [0.15, 0.2) is 0 Å². The summed E-state index contributed by atoms with van der Waals surface area (Å²) in [5.74, 6) is 0. The summed E-state index contributed by atoms with van der Waals surface area (Å²) in [4.78, 5) is 0. The predicted molar refractivity (Wildman–Crippen MR) is 155 cm³/mol. The molecule has 0 unspecified atom stereocenters. The second kappa shape index (κ2) is 14.5. The maximum Gasteiger partial charge on any atom is 0.493 e. The van der Waals surface area contributed by atoms with Crippen molar-refractivity contribution in [3.8, 4) is 11.1 Å². The van der Waals surface area contributed by atoms with Crippen LogP contribution >= 0.6 is 0 Å². The topological polar surface area (TPSA) is 47.9 Å². The number of aliphatic hydroxyl groups is 1. The fraction of sp³-hybridized carbons (Fsp3) is 0.613. The van der Waals surface area contributed by atoms with E-state index in [-0.39, 0.29) is 19.1 Å². The Hall–Kier alpha value is -1.59. The molecule has 199 valence electrons. The summed E-state index contributed by atoms with van der Waals surface area (Å²) in [7, 11) is 1.61. The lowest BCUT2D eigenvalue weighted by atomic mass is 9.67. The Morgan fingerprint density at radius 2 is 1.49 bits per heavy atom. The lowest BCUT2D eigenvalue weighted by molar-refractivity contribution is 0.143. The van der Waals surface area contributed by atoms with E-state index in [2.05, 4.69) is 50.2 Å². The van der Waals surface area contributed by atoms with Crippen molar-refractivity contribution < 1.29 is 19.1 Å². The van der Waals surface area contributed by atoms with Gasteiger partial charge in [-0.2, -0.15) is 0 Å². The van der Waals surface area contributed by atoms with E-state index in [1.165, 1.54) is 86.5 Å². The van der Waals surface area contributed by atoms with Crippen molar-refractivity contribution >= 4 is 25.5 Å². The normalized spacial score (nSPS) is 16.0. The van der Waals surface area contributed by atoms with Crippen LogP contribution in [0.5, 0.6) is 0 Å². The maximum atomic E-state index is 9.11. The zero-order valence-corrected chi connectivity index (χ0v) is 23.1. The molecule has 0 amide bonds. The van der Waals surface area contributed by atoms with E-state index in [4.69, 9.17) is 19.1 Å². The summed E-state index contributed by atoms with van der Waals surface area (Å²) in [6, 6.07) is 13.8. The number of fused-ring (bicyclic) bond motifs is 3. The number of benzene rings is 2. The Bertz CT molecular complexity index is 962. The van der Waals surface area contributed by atoms with Crippen LogP contribution in [0.25, 0.3) is 11.1 Å². The highest BCUT2D eigenvalue weighted by Gasteiger charge is 2.43. The molecule has 0 saturated carbocycles. The van der Waals surface area contributed by atoms with Crippen LogP contribution in [0.1, 0.15) is 102 Å². The predicted octanol–water partition coefficient (Wildman–Crippen LogP) is 5.67. The summed E-state index contributed by atoms with van der Waals surface area (Å²) in [6.45, 7) is 6.79. The van der Waals surface area contributed by atoms with E-state index >= 15 is 0 Å². The third kappa shape index (κ3) is 6.89. The summed E-state index contributed by atoms with van der Waals surface area (Å²) >= 11 is 0. The van der Waals surface area contributed by atoms with Gasteiger partial charge in [-0.25, -0.2) is 0 Å².